The zero-order chi connectivity index (χ0) is 15.4. The molecule has 20 heavy (non-hydrogen) atoms. The fourth-order valence-corrected chi connectivity index (χ4v) is 1.83. The fourth-order valence-electron chi connectivity index (χ4n) is 1.83. The minimum absolute atomic E-state index is 0.0300. The van der Waals surface area contributed by atoms with Crippen LogP contribution in [-0.2, 0) is 14.4 Å². The molecule has 0 aromatic carbocycles. The number of carbonyl (C=O) groups is 3. The van der Waals surface area contributed by atoms with Crippen molar-refractivity contribution < 1.29 is 29.7 Å². The minimum atomic E-state index is -0.876. The van der Waals surface area contributed by atoms with Gasteiger partial charge in [0.25, 0.3) is 0 Å². The van der Waals surface area contributed by atoms with E-state index < -0.39 is 17.9 Å². The Morgan fingerprint density at radius 1 is 0.600 bits per heavy atom. The van der Waals surface area contributed by atoms with E-state index in [4.69, 9.17) is 15.3 Å². The second kappa shape index (κ2) is 11.2. The van der Waals surface area contributed by atoms with E-state index in [0.717, 1.165) is 12.8 Å². The average molecular weight is 289 g/mol. The molecule has 116 valence electrons. The van der Waals surface area contributed by atoms with E-state index in [1.807, 2.05) is 4.90 Å². The van der Waals surface area contributed by atoms with Gasteiger partial charge in [0.1, 0.15) is 0 Å². The lowest BCUT2D eigenvalue weighted by Gasteiger charge is -2.21. The number of aliphatic carboxylic acids is 3. The number of nitrogens with zero attached hydrogens (tertiary/aromatic N) is 1. The van der Waals surface area contributed by atoms with E-state index in [2.05, 4.69) is 0 Å². The molecule has 0 aromatic heterocycles. The number of carboxylic acids is 3. The van der Waals surface area contributed by atoms with Crippen molar-refractivity contribution in [3.05, 3.63) is 0 Å². The van der Waals surface area contributed by atoms with Crippen LogP contribution in [0.5, 0.6) is 0 Å². The smallest absolute Gasteiger partial charge is 0.304 e. The summed E-state index contributed by atoms with van der Waals surface area (Å²) in [5.74, 6) is -2.54. The molecule has 0 aromatic rings. The molecule has 0 spiro atoms. The van der Waals surface area contributed by atoms with Crippen molar-refractivity contribution in [2.24, 2.45) is 0 Å². The second-order valence-electron chi connectivity index (χ2n) is 4.69. The largest absolute Gasteiger partial charge is 0.481 e. The number of carboxylic acid groups (broad SMARTS) is 3. The van der Waals surface area contributed by atoms with E-state index in [9.17, 15) is 14.4 Å². The highest BCUT2D eigenvalue weighted by Gasteiger charge is 2.08. The van der Waals surface area contributed by atoms with Gasteiger partial charge in [-0.1, -0.05) is 6.42 Å². The first kappa shape index (κ1) is 18.4. The average Bonchev–Trinajstić information content (AvgIpc) is 2.33. The first-order valence-corrected chi connectivity index (χ1v) is 6.79. The van der Waals surface area contributed by atoms with Crippen molar-refractivity contribution in [3.8, 4) is 0 Å². The van der Waals surface area contributed by atoms with E-state index >= 15 is 0 Å². The van der Waals surface area contributed by atoms with Gasteiger partial charge in [-0.05, 0) is 32.4 Å². The SMILES string of the molecule is O=C(O)CCCCCN(CCCC(=O)O)CCC(=O)O. The van der Waals surface area contributed by atoms with Crippen LogP contribution in [0.2, 0.25) is 0 Å². The standard InChI is InChI=1S/C13H23NO6/c15-11(16)5-2-1-3-8-14(10-7-13(19)20)9-4-6-12(17)18/h1-10H2,(H,15,16)(H,17,18)(H,19,20). The highest BCUT2D eigenvalue weighted by molar-refractivity contribution is 5.67. The summed E-state index contributed by atoms with van der Waals surface area (Å²) in [6.45, 7) is 1.62. The Bertz CT molecular complexity index is 318. The molecule has 7 nitrogen and oxygen atoms in total. The first-order valence-electron chi connectivity index (χ1n) is 6.79. The van der Waals surface area contributed by atoms with Crippen LogP contribution in [0, 0.1) is 0 Å². The lowest BCUT2D eigenvalue weighted by atomic mass is 10.2. The summed E-state index contributed by atoms with van der Waals surface area (Å²) in [6, 6.07) is 0. The number of rotatable bonds is 13. The molecule has 3 N–H and O–H groups in total. The summed E-state index contributed by atoms with van der Waals surface area (Å²) < 4.78 is 0. The molecule has 0 saturated carbocycles. The predicted molar refractivity (Wildman–Crippen MR) is 71.7 cm³/mol. The molecule has 0 bridgehead atoms. The third kappa shape index (κ3) is 12.8. The van der Waals surface area contributed by atoms with Gasteiger partial charge in [-0.25, -0.2) is 0 Å². The number of hydrogen-bond acceptors (Lipinski definition) is 4. The first-order chi connectivity index (χ1) is 9.41. The Balaban J connectivity index is 3.87. The molecule has 0 unspecified atom stereocenters. The van der Waals surface area contributed by atoms with Crippen molar-refractivity contribution >= 4 is 17.9 Å². The van der Waals surface area contributed by atoms with E-state index in [0.29, 0.717) is 32.5 Å². The van der Waals surface area contributed by atoms with Gasteiger partial charge in [-0.15, -0.1) is 0 Å². The maximum atomic E-state index is 10.6. The summed E-state index contributed by atoms with van der Waals surface area (Å²) >= 11 is 0. The fraction of sp³-hybridized carbons (Fsp3) is 0.769. The van der Waals surface area contributed by atoms with Gasteiger partial charge < -0.3 is 20.2 Å². The Hall–Kier alpha value is -1.63. The third-order valence-corrected chi connectivity index (χ3v) is 2.87. The highest BCUT2D eigenvalue weighted by atomic mass is 16.4. The van der Waals surface area contributed by atoms with Crippen LogP contribution < -0.4 is 0 Å². The van der Waals surface area contributed by atoms with Crippen LogP contribution in [0.4, 0.5) is 0 Å². The molecule has 0 heterocycles. The summed E-state index contributed by atoms with van der Waals surface area (Å²) in [7, 11) is 0. The van der Waals surface area contributed by atoms with Gasteiger partial charge in [-0.2, -0.15) is 0 Å². The van der Waals surface area contributed by atoms with Crippen LogP contribution in [0.3, 0.4) is 0 Å². The Morgan fingerprint density at radius 2 is 1.10 bits per heavy atom. The van der Waals surface area contributed by atoms with Gasteiger partial charge in [-0.3, -0.25) is 14.4 Å². The molecule has 7 heteroatoms. The second-order valence-corrected chi connectivity index (χ2v) is 4.69. The molecular weight excluding hydrogens is 266 g/mol. The van der Waals surface area contributed by atoms with Crippen molar-refractivity contribution in [2.45, 2.75) is 44.9 Å². The van der Waals surface area contributed by atoms with Crippen molar-refractivity contribution in [3.63, 3.8) is 0 Å². The van der Waals surface area contributed by atoms with Crippen molar-refractivity contribution in [1.29, 1.82) is 0 Å². The van der Waals surface area contributed by atoms with Crippen LogP contribution in [0.15, 0.2) is 0 Å². The quantitative estimate of drug-likeness (QED) is 0.437. The molecule has 0 radical (unpaired) electrons. The Morgan fingerprint density at radius 3 is 1.65 bits per heavy atom. The zero-order valence-corrected chi connectivity index (χ0v) is 11.6. The lowest BCUT2D eigenvalue weighted by Crippen LogP contribution is -2.29. The van der Waals surface area contributed by atoms with Crippen LogP contribution in [-0.4, -0.2) is 57.8 Å². The van der Waals surface area contributed by atoms with Crippen LogP contribution in [0.1, 0.15) is 44.9 Å². The van der Waals surface area contributed by atoms with Crippen molar-refractivity contribution in [2.75, 3.05) is 19.6 Å². The summed E-state index contributed by atoms with van der Waals surface area (Å²) in [4.78, 5) is 33.3. The zero-order valence-electron chi connectivity index (χ0n) is 11.6. The lowest BCUT2D eigenvalue weighted by molar-refractivity contribution is -0.138. The van der Waals surface area contributed by atoms with Crippen LogP contribution in [0.25, 0.3) is 0 Å². The van der Waals surface area contributed by atoms with Gasteiger partial charge in [0, 0.05) is 19.4 Å². The molecular formula is C13H23NO6. The normalized spacial score (nSPS) is 10.7. The van der Waals surface area contributed by atoms with Gasteiger partial charge >= 0.3 is 17.9 Å². The van der Waals surface area contributed by atoms with Gasteiger partial charge in [0.15, 0.2) is 0 Å². The highest BCUT2D eigenvalue weighted by Crippen LogP contribution is 2.04. The molecule has 0 atom stereocenters. The predicted octanol–water partition coefficient (Wildman–Crippen LogP) is 1.27. The van der Waals surface area contributed by atoms with Crippen LogP contribution >= 0.6 is 0 Å². The third-order valence-electron chi connectivity index (χ3n) is 2.87. The maximum absolute atomic E-state index is 10.6. The summed E-state index contributed by atoms with van der Waals surface area (Å²) in [5, 5.41) is 25.7. The maximum Gasteiger partial charge on any atom is 0.304 e. The van der Waals surface area contributed by atoms with E-state index in [1.54, 1.807) is 0 Å². The molecule has 0 aliphatic carbocycles. The van der Waals surface area contributed by atoms with Gasteiger partial charge in [0.05, 0.1) is 6.42 Å². The summed E-state index contributed by atoms with van der Waals surface area (Å²) in [5.41, 5.74) is 0. The minimum Gasteiger partial charge on any atom is -0.481 e. The molecule has 0 fully saturated rings. The van der Waals surface area contributed by atoms with Gasteiger partial charge in [0.2, 0.25) is 0 Å². The molecule has 0 rings (SSSR count). The topological polar surface area (TPSA) is 115 Å². The summed E-state index contributed by atoms with van der Waals surface area (Å²) in [6.07, 6.45) is 2.91. The monoisotopic (exact) mass is 289 g/mol. The molecule has 0 saturated heterocycles. The number of hydrogen-bond donors (Lipinski definition) is 3. The Kier molecular flexibility index (Phi) is 10.3. The van der Waals surface area contributed by atoms with E-state index in [-0.39, 0.29) is 19.3 Å². The number of unbranched alkanes of at least 4 members (excludes halogenated alkanes) is 2. The van der Waals surface area contributed by atoms with E-state index in [1.165, 1.54) is 0 Å². The Labute approximate surface area is 118 Å². The molecule has 0 aliphatic heterocycles. The van der Waals surface area contributed by atoms with Crippen molar-refractivity contribution in [1.82, 2.24) is 4.90 Å². The molecule has 0 amide bonds. The molecule has 0 aliphatic rings.